The number of esters is 1. The molecule has 0 aliphatic heterocycles. The number of hydrogen-bond donors (Lipinski definition) is 1. The molecule has 0 amide bonds. The van der Waals surface area contributed by atoms with Gasteiger partial charge in [-0.1, -0.05) is 12.1 Å². The highest BCUT2D eigenvalue weighted by Crippen LogP contribution is 2.88. The molecule has 0 radical (unpaired) electrons. The Morgan fingerprint density at radius 3 is 0.833 bits per heavy atom. The molecular weight excluding hydrogens is 957 g/mol. The molecule has 5 aliphatic rings. The van der Waals surface area contributed by atoms with Crippen molar-refractivity contribution in [1.82, 2.24) is 0 Å². The normalized spacial score (nSPS) is 22.3. The number of hydrogen-bond acceptors (Lipinski definition) is 5. The Bertz CT molecular complexity index is 7670. The van der Waals surface area contributed by atoms with Gasteiger partial charge in [-0.15, -0.1) is 0 Å². The third-order valence-electron chi connectivity index (χ3n) is 26.7. The van der Waals surface area contributed by atoms with E-state index in [9.17, 15) is 10.1 Å². The van der Waals surface area contributed by atoms with Gasteiger partial charge in [0.2, 0.25) is 0 Å². The van der Waals surface area contributed by atoms with E-state index < -0.39 is 16.7 Å². The van der Waals surface area contributed by atoms with E-state index >= 15 is 4.79 Å². The number of nitro benzene ring substituents is 1. The first-order valence-electron chi connectivity index (χ1n) is 28.2. The lowest BCUT2D eigenvalue weighted by Crippen LogP contribution is -2.53. The van der Waals surface area contributed by atoms with Crippen LogP contribution in [0.2, 0.25) is 0 Å². The first-order valence-corrected chi connectivity index (χ1v) is 28.2. The molecule has 29 aromatic carbocycles. The van der Waals surface area contributed by atoms with E-state index in [2.05, 4.69) is 0 Å². The zero-order valence-corrected chi connectivity index (χ0v) is 39.8. The van der Waals surface area contributed by atoms with Crippen molar-refractivity contribution in [2.45, 2.75) is 23.7 Å². The lowest BCUT2D eigenvalue weighted by Gasteiger charge is -2.53. The minimum absolute atomic E-state index is 0.0411. The van der Waals surface area contributed by atoms with Crippen LogP contribution in [0.15, 0.2) is 35.5 Å². The van der Waals surface area contributed by atoms with Crippen LogP contribution < -0.4 is 5.73 Å². The number of benzene rings is 19. The van der Waals surface area contributed by atoms with Crippen LogP contribution in [0.1, 0.15) is 40.7 Å². The van der Waals surface area contributed by atoms with Gasteiger partial charge >= 0.3 is 5.97 Å². The highest BCUT2D eigenvalue weighted by molar-refractivity contribution is 6.82. The first-order chi connectivity index (χ1) is 38.5. The summed E-state index contributed by atoms with van der Waals surface area (Å²) in [6.45, 7) is 2.12. The molecule has 6 heteroatoms. The number of nitro groups is 1. The monoisotopic (exact) mass is 968 g/mol. The third-order valence-corrected chi connectivity index (χ3v) is 26.7. The van der Waals surface area contributed by atoms with Gasteiger partial charge in [-0.2, -0.15) is 0 Å². The second kappa shape index (κ2) is 7.10. The van der Waals surface area contributed by atoms with Crippen molar-refractivity contribution in [2.75, 3.05) is 6.61 Å². The summed E-state index contributed by atoms with van der Waals surface area (Å²) < 4.78 is 6.43. The molecule has 34 rings (SSSR count). The second-order valence-electron chi connectivity index (χ2n) is 27.1. The van der Waals surface area contributed by atoms with E-state index in [4.69, 9.17) is 10.5 Å². The molecule has 78 heavy (non-hydrogen) atoms. The first kappa shape index (κ1) is 30.6. The van der Waals surface area contributed by atoms with Crippen LogP contribution in [0.5, 0.6) is 0 Å². The molecule has 0 bridgehead atoms. The summed E-state index contributed by atoms with van der Waals surface area (Å²) in [5.41, 5.74) is 14.3. The molecular formula is C72H12N2O4. The fourth-order valence-electron chi connectivity index (χ4n) is 26.5. The van der Waals surface area contributed by atoms with Crippen LogP contribution in [-0.2, 0) is 20.4 Å². The molecule has 5 aliphatic carbocycles. The van der Waals surface area contributed by atoms with Crippen molar-refractivity contribution in [3.63, 3.8) is 0 Å². The van der Waals surface area contributed by atoms with Gasteiger partial charge in [0.25, 0.3) is 5.69 Å². The van der Waals surface area contributed by atoms with E-state index in [0.717, 1.165) is 5.56 Å². The maximum atomic E-state index is 16.0. The average molecular weight is 969 g/mol. The molecule has 29 aromatic rings. The fraction of sp³-hybridized carbons (Fsp3) is 0.0694. The number of non-ortho nitro benzene ring substituents is 1. The summed E-state index contributed by atoms with van der Waals surface area (Å²) in [5, 5.41) is 93.2. The number of nitrogens with zero attached hydrogens (tertiary/aromatic N) is 1. The Hall–Kier alpha value is -9.91. The smallest absolute Gasteiger partial charge is 0.336 e. The van der Waals surface area contributed by atoms with E-state index in [1.54, 1.807) is 66.0 Å². The lowest BCUT2D eigenvalue weighted by molar-refractivity contribution is -0.384. The Morgan fingerprint density at radius 1 is 0.397 bits per heavy atom. The summed E-state index contributed by atoms with van der Waals surface area (Å²) in [5.74, 6) is -0.984. The van der Waals surface area contributed by atoms with Crippen molar-refractivity contribution < 1.29 is 14.5 Å². The highest BCUT2D eigenvalue weighted by Gasteiger charge is 2.77. The molecule has 0 saturated heterocycles. The Morgan fingerprint density at radius 2 is 0.615 bits per heavy atom. The predicted molar refractivity (Wildman–Crippen MR) is 318 cm³/mol. The van der Waals surface area contributed by atoms with Crippen LogP contribution in [0.25, 0.3) is 291 Å². The molecule has 2 N–H and O–H groups in total. The maximum absolute atomic E-state index is 16.0. The fourth-order valence-corrected chi connectivity index (χ4v) is 26.5. The third kappa shape index (κ3) is 1.68. The summed E-state index contributed by atoms with van der Waals surface area (Å²) in [6.07, 6.45) is 0. The molecule has 334 valence electrons. The van der Waals surface area contributed by atoms with Gasteiger partial charge < -0.3 is 10.5 Å². The van der Waals surface area contributed by atoms with Gasteiger partial charge in [0, 0.05) is 23.7 Å². The minimum Gasteiger partial charge on any atom is -0.463 e. The number of carbonyl (C=O) groups excluding carboxylic acids is 1. The molecule has 0 heterocycles. The quantitative estimate of drug-likeness (QED) is 0.0820. The predicted octanol–water partition coefficient (Wildman–Crippen LogP) is 17.8. The summed E-state index contributed by atoms with van der Waals surface area (Å²) in [6, 6.07) is 7.34. The van der Waals surface area contributed by atoms with E-state index in [0.29, 0.717) is 11.3 Å². The number of nitrogens with two attached hydrogens (primary N) is 1. The topological polar surface area (TPSA) is 95.5 Å². The van der Waals surface area contributed by atoms with Crippen molar-refractivity contribution in [2.24, 2.45) is 5.73 Å². The van der Waals surface area contributed by atoms with Gasteiger partial charge in [0.15, 0.2) is 0 Å². The molecule has 1 unspecified atom stereocenters. The minimum atomic E-state index is -1.01. The van der Waals surface area contributed by atoms with Gasteiger partial charge in [0.05, 0.1) is 27.9 Å². The van der Waals surface area contributed by atoms with Crippen molar-refractivity contribution in [3.8, 4) is 0 Å². The van der Waals surface area contributed by atoms with Crippen molar-refractivity contribution >= 4 is 303 Å². The summed E-state index contributed by atoms with van der Waals surface area (Å²) in [4.78, 5) is 28.4. The SMILES string of the molecule is CCOC(=O)C1=C(N)C23c4c5c6c7c8c9c(c%10c%11c2c2c4c4c%12c5c5c6c6c8c8c%13c9c9c%10c%10c%11c%11c2c2c4c4c%12c%12c5c5c6c8c6c8c%13c9c9c%10c%10c%11c2c2c4c4c%12c5c6c5c8c9c%10c2c45)C73C1c1ccc([N+](=O)[O-])cc1. The lowest BCUT2D eigenvalue weighted by atomic mass is 9.46. The summed E-state index contributed by atoms with van der Waals surface area (Å²) in [7, 11) is 0. The Labute approximate surface area is 424 Å². The largest absolute Gasteiger partial charge is 0.463 e. The maximum Gasteiger partial charge on any atom is 0.336 e. The number of ether oxygens (including phenoxy) is 1. The molecule has 0 aromatic heterocycles. The van der Waals surface area contributed by atoms with Gasteiger partial charge in [-0.3, -0.25) is 10.1 Å². The van der Waals surface area contributed by atoms with E-state index in [-0.39, 0.29) is 23.2 Å². The highest BCUT2D eigenvalue weighted by atomic mass is 16.6. The van der Waals surface area contributed by atoms with Crippen molar-refractivity contribution in [3.05, 3.63) is 73.5 Å². The molecule has 0 saturated carbocycles. The standard InChI is InChI=1S/C72H12N2O4/c1-2-78-70(75)63-64(7-3-5-8(6-4-7)74(76)77)71-65-55-47-37-27-19-11-9-10-13-17-15(11)23-31-25(17)35-29-21(13)22-14(10)18-16-12(9)20(19)28-34-24(16)32-26(18)36-30(22)40-39(29)49-43(35)53-45(31)51(41(47)33(23)27)57(65)59(53)67-61(49)62-50(40)44(36)54-46(32)52-42(34)48(38(28)37)56(55)66(71)58(52)60(54)68(62)72(67,71)69(63)73/h3-6,64H,2,73H2,1H3. The second-order valence-corrected chi connectivity index (χ2v) is 27.1. The Balaban J connectivity index is 1.10. The summed E-state index contributed by atoms with van der Waals surface area (Å²) >= 11 is 0. The van der Waals surface area contributed by atoms with Crippen LogP contribution in [-0.4, -0.2) is 17.5 Å². The zero-order valence-electron chi connectivity index (χ0n) is 39.8. The Kier molecular flexibility index (Phi) is 2.79. The average Bonchev–Trinajstić information content (AvgIpc) is 1.63. The molecule has 0 fully saturated rings. The molecule has 2 spiro atoms. The number of carbonyl (C=O) groups is 1. The van der Waals surface area contributed by atoms with E-state index in [1.165, 1.54) is 259 Å². The van der Waals surface area contributed by atoms with Crippen LogP contribution in [0.3, 0.4) is 0 Å². The van der Waals surface area contributed by atoms with Gasteiger partial charge in [0.1, 0.15) is 0 Å². The zero-order chi connectivity index (χ0) is 47.8. The number of rotatable bonds is 4. The van der Waals surface area contributed by atoms with Crippen LogP contribution >= 0.6 is 0 Å². The molecule has 1 atom stereocenters. The number of allylic oxidation sites excluding steroid dienone is 1. The van der Waals surface area contributed by atoms with Crippen molar-refractivity contribution in [1.29, 1.82) is 0 Å². The van der Waals surface area contributed by atoms with Gasteiger partial charge in [-0.25, -0.2) is 4.79 Å². The van der Waals surface area contributed by atoms with E-state index in [1.807, 2.05) is 19.1 Å². The van der Waals surface area contributed by atoms with Gasteiger partial charge in [-0.05, 0) is 326 Å². The van der Waals surface area contributed by atoms with Crippen LogP contribution in [0.4, 0.5) is 5.69 Å². The van der Waals surface area contributed by atoms with Crippen LogP contribution in [0, 0.1) is 10.1 Å². The molecule has 6 nitrogen and oxygen atoms in total.